The van der Waals surface area contributed by atoms with Gasteiger partial charge in [0.05, 0.1) is 18.1 Å². The Balaban J connectivity index is 1.41. The van der Waals surface area contributed by atoms with E-state index in [2.05, 4.69) is 29.6 Å². The first-order chi connectivity index (χ1) is 16.5. The number of carbonyl (C=O) groups is 2. The standard InChI is InChI=1S/C27H24N2O5/c28-17-20-15-23-22(27(31)32)12-14-33-25(23)16-24(20)34-21-9-7-19(8-10-21)26(30)29-13-11-18-5-3-1-2-4-6-18/h1,3-10,15-16,22H,2,11-14H2,(H,29,30)(H,31,32). The van der Waals surface area contributed by atoms with Gasteiger partial charge in [-0.2, -0.15) is 5.26 Å². The monoisotopic (exact) mass is 456 g/mol. The Hall–Kier alpha value is -4.31. The Morgan fingerprint density at radius 1 is 1.21 bits per heavy atom. The molecule has 2 aliphatic rings. The smallest absolute Gasteiger partial charge is 0.311 e. The second kappa shape index (κ2) is 10.5. The summed E-state index contributed by atoms with van der Waals surface area (Å²) < 4.78 is 11.5. The SMILES string of the molecule is N#Cc1cc2c(cc1Oc1ccc(C(=O)NCCC3=CC=CCC=C3)cc1)OCCC2C(=O)O. The minimum atomic E-state index is -0.949. The van der Waals surface area contributed by atoms with E-state index in [1.165, 1.54) is 6.07 Å². The Kier molecular flexibility index (Phi) is 7.09. The molecule has 4 rings (SSSR count). The number of rotatable bonds is 7. The molecule has 0 bridgehead atoms. The number of benzene rings is 2. The molecular weight excluding hydrogens is 432 g/mol. The molecule has 0 saturated carbocycles. The molecule has 0 radical (unpaired) electrons. The van der Waals surface area contributed by atoms with Gasteiger partial charge >= 0.3 is 5.97 Å². The van der Waals surface area contributed by atoms with Crippen LogP contribution >= 0.6 is 0 Å². The Morgan fingerprint density at radius 2 is 2.03 bits per heavy atom. The number of nitrogens with zero attached hydrogens (tertiary/aromatic N) is 1. The summed E-state index contributed by atoms with van der Waals surface area (Å²) in [4.78, 5) is 24.0. The molecule has 0 aromatic heterocycles. The number of hydrogen-bond donors (Lipinski definition) is 2. The number of carbonyl (C=O) groups excluding carboxylic acids is 1. The zero-order valence-electron chi connectivity index (χ0n) is 18.5. The molecule has 1 unspecified atom stereocenters. The molecule has 1 heterocycles. The van der Waals surface area contributed by atoms with Crippen LogP contribution in [0.5, 0.6) is 17.2 Å². The van der Waals surface area contributed by atoms with Gasteiger partial charge in [-0.05, 0) is 55.2 Å². The lowest BCUT2D eigenvalue weighted by molar-refractivity contribution is -0.139. The van der Waals surface area contributed by atoms with E-state index in [0.717, 1.165) is 18.4 Å². The van der Waals surface area contributed by atoms with Gasteiger partial charge in [0.25, 0.3) is 5.91 Å². The fraction of sp³-hybridized carbons (Fsp3) is 0.222. The lowest BCUT2D eigenvalue weighted by atomic mass is 9.91. The van der Waals surface area contributed by atoms with Crippen LogP contribution in [0.2, 0.25) is 0 Å². The average Bonchev–Trinajstić information content (AvgIpc) is 3.12. The predicted molar refractivity (Wildman–Crippen MR) is 126 cm³/mol. The van der Waals surface area contributed by atoms with Crippen LogP contribution in [0.4, 0.5) is 0 Å². The van der Waals surface area contributed by atoms with Gasteiger partial charge in [-0.1, -0.05) is 30.4 Å². The number of amides is 1. The molecule has 7 heteroatoms. The van der Waals surface area contributed by atoms with Crippen LogP contribution in [0.15, 0.2) is 72.4 Å². The molecule has 172 valence electrons. The highest BCUT2D eigenvalue weighted by atomic mass is 16.5. The minimum absolute atomic E-state index is 0.181. The summed E-state index contributed by atoms with van der Waals surface area (Å²) in [5, 5.41) is 21.9. The summed E-state index contributed by atoms with van der Waals surface area (Å²) in [5.74, 6) is -0.732. The van der Waals surface area contributed by atoms with Crippen LogP contribution in [0.25, 0.3) is 0 Å². The first-order valence-corrected chi connectivity index (χ1v) is 11.1. The summed E-state index contributed by atoms with van der Waals surface area (Å²) >= 11 is 0. The number of nitrogens with one attached hydrogen (secondary N) is 1. The summed E-state index contributed by atoms with van der Waals surface area (Å²) in [5.41, 5.74) is 2.35. The van der Waals surface area contributed by atoms with Gasteiger partial charge < -0.3 is 19.9 Å². The average molecular weight is 456 g/mol. The van der Waals surface area contributed by atoms with E-state index in [-0.39, 0.29) is 23.8 Å². The van der Waals surface area contributed by atoms with Gasteiger partial charge in [0.15, 0.2) is 0 Å². The number of aliphatic carboxylic acids is 1. The Bertz CT molecular complexity index is 1220. The van der Waals surface area contributed by atoms with Crippen molar-refractivity contribution in [2.24, 2.45) is 0 Å². The van der Waals surface area contributed by atoms with E-state index in [9.17, 15) is 20.0 Å². The molecule has 0 spiro atoms. The molecule has 2 N–H and O–H groups in total. The highest BCUT2D eigenvalue weighted by Crippen LogP contribution is 2.39. The molecule has 7 nitrogen and oxygen atoms in total. The van der Waals surface area contributed by atoms with Crippen LogP contribution < -0.4 is 14.8 Å². The molecule has 34 heavy (non-hydrogen) atoms. The minimum Gasteiger partial charge on any atom is -0.493 e. The predicted octanol–water partition coefficient (Wildman–Crippen LogP) is 4.86. The van der Waals surface area contributed by atoms with Gasteiger partial charge in [-0.15, -0.1) is 0 Å². The second-order valence-corrected chi connectivity index (χ2v) is 7.97. The topological polar surface area (TPSA) is 109 Å². The number of allylic oxidation sites excluding steroid dienone is 5. The van der Waals surface area contributed by atoms with E-state index >= 15 is 0 Å². The molecule has 1 atom stereocenters. The van der Waals surface area contributed by atoms with Crippen molar-refractivity contribution in [2.45, 2.75) is 25.2 Å². The summed E-state index contributed by atoms with van der Waals surface area (Å²) in [7, 11) is 0. The van der Waals surface area contributed by atoms with Crippen molar-refractivity contribution < 1.29 is 24.2 Å². The van der Waals surface area contributed by atoms with Crippen molar-refractivity contribution in [2.75, 3.05) is 13.2 Å². The lowest BCUT2D eigenvalue weighted by Crippen LogP contribution is -2.24. The maximum absolute atomic E-state index is 12.5. The number of carboxylic acid groups (broad SMARTS) is 1. The third-order valence-electron chi connectivity index (χ3n) is 5.66. The van der Waals surface area contributed by atoms with Gasteiger partial charge in [-0.25, -0.2) is 0 Å². The van der Waals surface area contributed by atoms with Crippen LogP contribution in [-0.2, 0) is 4.79 Å². The van der Waals surface area contributed by atoms with E-state index in [4.69, 9.17) is 9.47 Å². The third kappa shape index (κ3) is 5.36. The van der Waals surface area contributed by atoms with Crippen LogP contribution in [0, 0.1) is 11.3 Å². The second-order valence-electron chi connectivity index (χ2n) is 7.97. The van der Waals surface area contributed by atoms with E-state index in [1.54, 1.807) is 30.3 Å². The highest BCUT2D eigenvalue weighted by molar-refractivity contribution is 5.94. The van der Waals surface area contributed by atoms with Crippen molar-refractivity contribution in [1.29, 1.82) is 5.26 Å². The van der Waals surface area contributed by atoms with Gasteiger partial charge in [-0.3, -0.25) is 9.59 Å². The quantitative estimate of drug-likeness (QED) is 0.616. The van der Waals surface area contributed by atoms with Crippen molar-refractivity contribution >= 4 is 11.9 Å². The number of nitriles is 1. The largest absolute Gasteiger partial charge is 0.493 e. The van der Waals surface area contributed by atoms with Crippen molar-refractivity contribution in [3.8, 4) is 23.3 Å². The number of carboxylic acids is 1. The molecule has 2 aromatic rings. The summed E-state index contributed by atoms with van der Waals surface area (Å²) in [6.07, 6.45) is 12.3. The maximum atomic E-state index is 12.5. The zero-order valence-corrected chi connectivity index (χ0v) is 18.5. The molecule has 2 aromatic carbocycles. The van der Waals surface area contributed by atoms with Crippen LogP contribution in [-0.4, -0.2) is 30.1 Å². The van der Waals surface area contributed by atoms with E-state index in [0.29, 0.717) is 35.6 Å². The van der Waals surface area contributed by atoms with Crippen molar-refractivity contribution in [3.05, 3.63) is 89.0 Å². The third-order valence-corrected chi connectivity index (χ3v) is 5.66. The molecule has 1 aliphatic heterocycles. The molecule has 1 aliphatic carbocycles. The van der Waals surface area contributed by atoms with E-state index < -0.39 is 11.9 Å². The number of fused-ring (bicyclic) bond motifs is 1. The normalized spacial score (nSPS) is 16.3. The summed E-state index contributed by atoms with van der Waals surface area (Å²) in [6, 6.07) is 11.7. The first kappa shape index (κ1) is 22.9. The Morgan fingerprint density at radius 3 is 2.79 bits per heavy atom. The van der Waals surface area contributed by atoms with Gasteiger partial charge in [0, 0.05) is 23.7 Å². The summed E-state index contributed by atoms with van der Waals surface area (Å²) in [6.45, 7) is 0.808. The van der Waals surface area contributed by atoms with Crippen molar-refractivity contribution in [1.82, 2.24) is 5.32 Å². The first-order valence-electron chi connectivity index (χ1n) is 11.1. The van der Waals surface area contributed by atoms with Crippen molar-refractivity contribution in [3.63, 3.8) is 0 Å². The Labute approximate surface area is 197 Å². The van der Waals surface area contributed by atoms with E-state index in [1.807, 2.05) is 12.2 Å². The van der Waals surface area contributed by atoms with Crippen LogP contribution in [0.1, 0.15) is 46.7 Å². The van der Waals surface area contributed by atoms with Crippen LogP contribution in [0.3, 0.4) is 0 Å². The maximum Gasteiger partial charge on any atom is 0.311 e. The number of hydrogen-bond acceptors (Lipinski definition) is 5. The fourth-order valence-electron chi connectivity index (χ4n) is 3.86. The van der Waals surface area contributed by atoms with Gasteiger partial charge in [0.2, 0.25) is 0 Å². The zero-order chi connectivity index (χ0) is 23.9. The highest BCUT2D eigenvalue weighted by Gasteiger charge is 2.29. The lowest BCUT2D eigenvalue weighted by Gasteiger charge is -2.24. The fourth-order valence-corrected chi connectivity index (χ4v) is 3.86. The number of ether oxygens (including phenoxy) is 2. The molecule has 0 saturated heterocycles. The van der Waals surface area contributed by atoms with Gasteiger partial charge in [0.1, 0.15) is 23.3 Å². The molecular formula is C27H24N2O5. The molecule has 1 amide bonds. The molecule has 0 fully saturated rings.